The van der Waals surface area contributed by atoms with Crippen LogP contribution in [0.2, 0.25) is 5.02 Å². The minimum atomic E-state index is -1.28. The molecule has 1 amide bonds. The summed E-state index contributed by atoms with van der Waals surface area (Å²) in [6.45, 7) is 0. The highest BCUT2D eigenvalue weighted by Gasteiger charge is 2.16. The molecule has 0 saturated carbocycles. The fourth-order valence-corrected chi connectivity index (χ4v) is 2.82. The normalized spacial score (nSPS) is 11.0. The minimum absolute atomic E-state index is 0.193. The van der Waals surface area contributed by atoms with Crippen LogP contribution in [-0.2, 0) is 4.79 Å². The largest absolute Gasteiger partial charge is 0.493 e. The number of carboxylic acids is 1. The molecule has 0 fully saturated rings. The Morgan fingerprint density at radius 3 is 2.42 bits per heavy atom. The minimum Gasteiger partial charge on any atom is -0.493 e. The second-order valence-corrected chi connectivity index (χ2v) is 6.71. The van der Waals surface area contributed by atoms with Crippen molar-refractivity contribution in [1.82, 2.24) is 5.32 Å². The van der Waals surface area contributed by atoms with Gasteiger partial charge in [0.1, 0.15) is 5.70 Å². The number of carbonyl (C=O) groups excluding carboxylic acids is 1. The highest BCUT2D eigenvalue weighted by molar-refractivity contribution is 14.1. The summed E-state index contributed by atoms with van der Waals surface area (Å²) in [5, 5.41) is 12.0. The first-order valence-electron chi connectivity index (χ1n) is 7.29. The molecule has 2 aromatic rings. The van der Waals surface area contributed by atoms with Gasteiger partial charge in [0.15, 0.2) is 11.5 Å². The third-order valence-corrected chi connectivity index (χ3v) is 4.37. The van der Waals surface area contributed by atoms with Gasteiger partial charge in [-0.15, -0.1) is 0 Å². The number of benzene rings is 2. The van der Waals surface area contributed by atoms with Gasteiger partial charge in [0.25, 0.3) is 5.91 Å². The summed E-state index contributed by atoms with van der Waals surface area (Å²) in [4.78, 5) is 23.9. The molecule has 0 atom stereocenters. The van der Waals surface area contributed by atoms with Crippen LogP contribution in [0.5, 0.6) is 11.5 Å². The molecule has 26 heavy (non-hydrogen) atoms. The molecule has 8 heteroatoms. The van der Waals surface area contributed by atoms with Crippen molar-refractivity contribution in [2.45, 2.75) is 0 Å². The van der Waals surface area contributed by atoms with E-state index in [4.69, 9.17) is 21.1 Å². The van der Waals surface area contributed by atoms with Crippen molar-refractivity contribution in [2.75, 3.05) is 14.2 Å². The summed E-state index contributed by atoms with van der Waals surface area (Å²) in [6.07, 6.45) is 1.32. The van der Waals surface area contributed by atoms with Crippen molar-refractivity contribution in [2.24, 2.45) is 0 Å². The predicted octanol–water partition coefficient (Wildman–Crippen LogP) is 3.82. The number of halogens is 2. The molecule has 0 aliphatic carbocycles. The summed E-state index contributed by atoms with van der Waals surface area (Å²) >= 11 is 8.07. The third-order valence-electron chi connectivity index (χ3n) is 3.37. The first-order valence-corrected chi connectivity index (χ1v) is 8.74. The van der Waals surface area contributed by atoms with E-state index < -0.39 is 11.9 Å². The molecule has 0 aliphatic rings. The van der Waals surface area contributed by atoms with Gasteiger partial charge in [0, 0.05) is 3.57 Å². The van der Waals surface area contributed by atoms with E-state index in [9.17, 15) is 14.7 Å². The van der Waals surface area contributed by atoms with Crippen molar-refractivity contribution in [1.29, 1.82) is 0 Å². The van der Waals surface area contributed by atoms with Gasteiger partial charge >= 0.3 is 5.97 Å². The van der Waals surface area contributed by atoms with E-state index in [-0.39, 0.29) is 16.3 Å². The maximum Gasteiger partial charge on any atom is 0.352 e. The Balaban J connectivity index is 2.34. The van der Waals surface area contributed by atoms with Gasteiger partial charge < -0.3 is 19.9 Å². The third kappa shape index (κ3) is 4.89. The van der Waals surface area contributed by atoms with E-state index in [0.717, 1.165) is 3.57 Å². The molecule has 0 unspecified atom stereocenters. The van der Waals surface area contributed by atoms with Crippen LogP contribution < -0.4 is 14.8 Å². The number of aliphatic carboxylic acids is 1. The molecule has 0 aromatic heterocycles. The lowest BCUT2D eigenvalue weighted by Gasteiger charge is -2.10. The Labute approximate surface area is 168 Å². The molecular weight excluding hydrogens is 473 g/mol. The van der Waals surface area contributed by atoms with Gasteiger partial charge in [-0.1, -0.05) is 17.7 Å². The van der Waals surface area contributed by atoms with Crippen molar-refractivity contribution in [3.05, 3.63) is 61.8 Å². The van der Waals surface area contributed by atoms with E-state index in [1.165, 1.54) is 20.3 Å². The zero-order chi connectivity index (χ0) is 19.3. The van der Waals surface area contributed by atoms with Crippen LogP contribution in [-0.4, -0.2) is 31.2 Å². The summed E-state index contributed by atoms with van der Waals surface area (Å²) < 4.78 is 11.1. The lowest BCUT2D eigenvalue weighted by Crippen LogP contribution is -2.27. The lowest BCUT2D eigenvalue weighted by atomic mass is 10.1. The van der Waals surface area contributed by atoms with Gasteiger partial charge in [-0.25, -0.2) is 4.79 Å². The first kappa shape index (κ1) is 20.1. The second-order valence-electron chi connectivity index (χ2n) is 5.06. The number of ether oxygens (including phenoxy) is 2. The van der Waals surface area contributed by atoms with Crippen molar-refractivity contribution < 1.29 is 24.2 Å². The molecule has 0 bridgehead atoms. The Hall–Kier alpha value is -2.26. The summed E-state index contributed by atoms with van der Waals surface area (Å²) in [6, 6.07) is 9.80. The molecule has 0 saturated heterocycles. The van der Waals surface area contributed by atoms with Crippen molar-refractivity contribution in [3.8, 4) is 11.5 Å². The number of nitrogens with one attached hydrogen (secondary N) is 1. The Morgan fingerprint density at radius 1 is 1.12 bits per heavy atom. The Bertz CT molecular complexity index is 882. The fraction of sp³-hybridized carbons (Fsp3) is 0.111. The number of methoxy groups -OCH3 is 2. The van der Waals surface area contributed by atoms with Crippen LogP contribution in [0.25, 0.3) is 6.08 Å². The monoisotopic (exact) mass is 487 g/mol. The lowest BCUT2D eigenvalue weighted by molar-refractivity contribution is -0.132. The SMILES string of the molecule is COc1ccc(C=C(NC(=O)c2cc(I)ccc2Cl)C(=O)O)cc1OC. The fourth-order valence-electron chi connectivity index (χ4n) is 2.12. The molecule has 0 aliphatic heterocycles. The number of carbonyl (C=O) groups is 2. The van der Waals surface area contributed by atoms with Gasteiger partial charge in [-0.2, -0.15) is 0 Å². The van der Waals surface area contributed by atoms with Gasteiger partial charge in [0.2, 0.25) is 0 Å². The van der Waals surface area contributed by atoms with Gasteiger partial charge in [0.05, 0.1) is 24.8 Å². The predicted molar refractivity (Wildman–Crippen MR) is 107 cm³/mol. The summed E-state index contributed by atoms with van der Waals surface area (Å²) in [5.74, 6) is -0.938. The second kappa shape index (κ2) is 8.91. The Morgan fingerprint density at radius 2 is 1.81 bits per heavy atom. The zero-order valence-corrected chi connectivity index (χ0v) is 16.8. The number of rotatable bonds is 6. The van der Waals surface area contributed by atoms with E-state index in [0.29, 0.717) is 17.1 Å². The molecule has 0 radical (unpaired) electrons. The molecule has 2 N–H and O–H groups in total. The van der Waals surface area contributed by atoms with E-state index in [1.807, 2.05) is 22.6 Å². The van der Waals surface area contributed by atoms with Crippen LogP contribution in [0.15, 0.2) is 42.1 Å². The smallest absolute Gasteiger partial charge is 0.352 e. The maximum absolute atomic E-state index is 12.4. The molecule has 2 aromatic carbocycles. The molecular formula is C18H15ClINO5. The van der Waals surface area contributed by atoms with E-state index in [1.54, 1.807) is 36.4 Å². The van der Waals surface area contributed by atoms with Crippen molar-refractivity contribution in [3.63, 3.8) is 0 Å². The standard InChI is InChI=1S/C18H15ClINO5/c1-25-15-6-3-10(8-16(15)26-2)7-14(18(23)24)21-17(22)12-9-11(20)4-5-13(12)19/h3-9H,1-2H3,(H,21,22)(H,23,24). The van der Waals surface area contributed by atoms with E-state index in [2.05, 4.69) is 5.32 Å². The highest BCUT2D eigenvalue weighted by atomic mass is 127. The van der Waals surface area contributed by atoms with Gasteiger partial charge in [-0.05, 0) is 64.6 Å². The topological polar surface area (TPSA) is 84.9 Å². The number of hydrogen-bond acceptors (Lipinski definition) is 4. The number of amides is 1. The summed E-state index contributed by atoms with van der Waals surface area (Å²) in [5.41, 5.74) is 0.421. The van der Waals surface area contributed by atoms with Crippen LogP contribution in [0.3, 0.4) is 0 Å². The van der Waals surface area contributed by atoms with Crippen LogP contribution in [0.4, 0.5) is 0 Å². The molecule has 136 valence electrons. The molecule has 0 heterocycles. The molecule has 0 spiro atoms. The number of carboxylic acid groups (broad SMARTS) is 1. The highest BCUT2D eigenvalue weighted by Crippen LogP contribution is 2.28. The molecule has 6 nitrogen and oxygen atoms in total. The van der Waals surface area contributed by atoms with E-state index >= 15 is 0 Å². The molecule has 2 rings (SSSR count). The van der Waals surface area contributed by atoms with Gasteiger partial charge in [-0.3, -0.25) is 4.79 Å². The van der Waals surface area contributed by atoms with Crippen molar-refractivity contribution >= 4 is 52.1 Å². The average molecular weight is 488 g/mol. The average Bonchev–Trinajstić information content (AvgIpc) is 2.62. The number of hydrogen-bond donors (Lipinski definition) is 2. The quantitative estimate of drug-likeness (QED) is 0.478. The zero-order valence-electron chi connectivity index (χ0n) is 13.9. The van der Waals surface area contributed by atoms with Crippen LogP contribution >= 0.6 is 34.2 Å². The van der Waals surface area contributed by atoms with Crippen LogP contribution in [0, 0.1) is 3.57 Å². The van der Waals surface area contributed by atoms with Crippen LogP contribution in [0.1, 0.15) is 15.9 Å². The summed E-state index contributed by atoms with van der Waals surface area (Å²) in [7, 11) is 2.98. The maximum atomic E-state index is 12.4. The Kier molecular flexibility index (Phi) is 6.87. The first-order chi connectivity index (χ1) is 12.3.